The molecule has 1 heterocycles. The summed E-state index contributed by atoms with van der Waals surface area (Å²) < 4.78 is 13.2. The van der Waals surface area contributed by atoms with Crippen molar-refractivity contribution in [1.29, 1.82) is 0 Å². The van der Waals surface area contributed by atoms with Crippen LogP contribution in [-0.4, -0.2) is 14.2 Å². The van der Waals surface area contributed by atoms with E-state index in [1.807, 2.05) is 72.8 Å². The Hall–Kier alpha value is -3.63. The highest BCUT2D eigenvalue weighted by atomic mass is 32.1. The normalized spacial score (nSPS) is 11.0. The summed E-state index contributed by atoms with van der Waals surface area (Å²) in [7, 11) is 3.33. The zero-order chi connectivity index (χ0) is 21.4. The minimum absolute atomic E-state index is 0.0387. The number of benzene rings is 4. The van der Waals surface area contributed by atoms with Gasteiger partial charge in [0.2, 0.25) is 0 Å². The average Bonchev–Trinajstić information content (AvgIpc) is 2.83. The number of hydrogen-bond donors (Lipinski definition) is 0. The summed E-state index contributed by atoms with van der Waals surface area (Å²) in [5.74, 6) is 1.53. The number of ether oxygens (including phenoxy) is 2. The Morgan fingerprint density at radius 2 is 1.26 bits per heavy atom. The van der Waals surface area contributed by atoms with Gasteiger partial charge in [-0.3, -0.25) is 4.79 Å². The van der Waals surface area contributed by atoms with Crippen LogP contribution in [0, 0.1) is 0 Å². The van der Waals surface area contributed by atoms with Gasteiger partial charge in [-0.25, -0.2) is 0 Å². The van der Waals surface area contributed by atoms with Crippen LogP contribution in [0.4, 0.5) is 0 Å². The van der Waals surface area contributed by atoms with Gasteiger partial charge in [0, 0.05) is 31.3 Å². The van der Waals surface area contributed by atoms with Crippen LogP contribution >= 0.6 is 11.3 Å². The third-order valence-electron chi connectivity index (χ3n) is 5.50. The first-order valence-corrected chi connectivity index (χ1v) is 10.8. The van der Waals surface area contributed by atoms with E-state index in [1.165, 1.54) is 0 Å². The van der Waals surface area contributed by atoms with Gasteiger partial charge in [0.05, 0.1) is 14.2 Å². The quantitative estimate of drug-likeness (QED) is 0.299. The molecule has 31 heavy (non-hydrogen) atoms. The second-order valence-electron chi connectivity index (χ2n) is 7.22. The van der Waals surface area contributed by atoms with Crippen LogP contribution in [0.1, 0.15) is 0 Å². The summed E-state index contributed by atoms with van der Waals surface area (Å²) in [6.07, 6.45) is 0. The maximum Gasteiger partial charge on any atom is 0.196 e. The predicted octanol–water partition coefficient (Wildman–Crippen LogP) is 6.77. The lowest BCUT2D eigenvalue weighted by Crippen LogP contribution is -2.03. The predicted molar refractivity (Wildman–Crippen MR) is 130 cm³/mol. The number of hydrogen-bond acceptors (Lipinski definition) is 4. The van der Waals surface area contributed by atoms with E-state index in [0.29, 0.717) is 5.39 Å². The Kier molecular flexibility index (Phi) is 4.92. The number of fused-ring (bicyclic) bond motifs is 2. The fourth-order valence-corrected chi connectivity index (χ4v) is 5.19. The lowest BCUT2D eigenvalue weighted by atomic mass is 9.94. The molecule has 0 saturated carbocycles. The van der Waals surface area contributed by atoms with E-state index in [0.717, 1.165) is 48.5 Å². The number of methoxy groups -OCH3 is 2. The van der Waals surface area contributed by atoms with E-state index in [-0.39, 0.29) is 5.43 Å². The maximum atomic E-state index is 13.6. The SMILES string of the molecule is COc1ccccc1-c1cc(-c2ccccc2OC)c2c(=O)c3ccccc3sc2c1. The minimum atomic E-state index is 0.0387. The molecule has 4 heteroatoms. The summed E-state index contributed by atoms with van der Waals surface area (Å²) in [4.78, 5) is 13.6. The third kappa shape index (κ3) is 3.25. The first kappa shape index (κ1) is 19.3. The molecular formula is C27H20O3S. The monoisotopic (exact) mass is 424 g/mol. The second-order valence-corrected chi connectivity index (χ2v) is 8.31. The fourth-order valence-electron chi connectivity index (χ4n) is 4.04. The summed E-state index contributed by atoms with van der Waals surface area (Å²) in [6, 6.07) is 27.7. The Bertz CT molecular complexity index is 1480. The number of para-hydroxylation sites is 2. The van der Waals surface area contributed by atoms with Crippen molar-refractivity contribution in [3.63, 3.8) is 0 Å². The minimum Gasteiger partial charge on any atom is -0.496 e. The summed E-state index contributed by atoms with van der Waals surface area (Å²) in [5.41, 5.74) is 3.78. The second kappa shape index (κ2) is 7.89. The third-order valence-corrected chi connectivity index (χ3v) is 6.61. The molecule has 0 atom stereocenters. The Labute approximate surface area is 184 Å². The largest absolute Gasteiger partial charge is 0.496 e. The molecule has 0 spiro atoms. The van der Waals surface area contributed by atoms with Crippen LogP contribution in [0.3, 0.4) is 0 Å². The van der Waals surface area contributed by atoms with Crippen LogP contribution in [0.15, 0.2) is 89.7 Å². The molecule has 0 unspecified atom stereocenters. The molecule has 0 bridgehead atoms. The smallest absolute Gasteiger partial charge is 0.196 e. The first-order valence-electron chi connectivity index (χ1n) is 9.97. The molecule has 0 fully saturated rings. The van der Waals surface area contributed by atoms with Crippen molar-refractivity contribution >= 4 is 31.5 Å². The van der Waals surface area contributed by atoms with Crippen molar-refractivity contribution in [3.8, 4) is 33.8 Å². The van der Waals surface area contributed by atoms with E-state index in [1.54, 1.807) is 25.6 Å². The molecule has 5 rings (SSSR count). The van der Waals surface area contributed by atoms with Crippen LogP contribution in [0.25, 0.3) is 42.4 Å². The Balaban J connectivity index is 1.94. The van der Waals surface area contributed by atoms with Crippen molar-refractivity contribution in [2.24, 2.45) is 0 Å². The standard InChI is InChI=1S/C27H20O3S/c1-29-22-12-6-3-9-18(22)17-15-21(19-10-4-7-13-23(19)30-2)26-25(16-17)31-24-14-8-5-11-20(24)27(26)28/h3-16H,1-2H3. The highest BCUT2D eigenvalue weighted by molar-refractivity contribution is 7.24. The topological polar surface area (TPSA) is 35.5 Å². The van der Waals surface area contributed by atoms with Crippen molar-refractivity contribution in [1.82, 2.24) is 0 Å². The van der Waals surface area contributed by atoms with Gasteiger partial charge in [-0.15, -0.1) is 11.3 Å². The van der Waals surface area contributed by atoms with Crippen molar-refractivity contribution < 1.29 is 9.47 Å². The lowest BCUT2D eigenvalue weighted by Gasteiger charge is -2.15. The highest BCUT2D eigenvalue weighted by Crippen LogP contribution is 2.41. The fraction of sp³-hybridized carbons (Fsp3) is 0.0741. The highest BCUT2D eigenvalue weighted by Gasteiger charge is 2.17. The van der Waals surface area contributed by atoms with Gasteiger partial charge >= 0.3 is 0 Å². The molecule has 0 aliphatic carbocycles. The molecule has 0 amide bonds. The van der Waals surface area contributed by atoms with Gasteiger partial charge in [-0.2, -0.15) is 0 Å². The Morgan fingerprint density at radius 1 is 0.645 bits per heavy atom. The van der Waals surface area contributed by atoms with E-state index in [4.69, 9.17) is 9.47 Å². The summed E-state index contributed by atoms with van der Waals surface area (Å²) in [6.45, 7) is 0. The van der Waals surface area contributed by atoms with E-state index >= 15 is 0 Å². The average molecular weight is 425 g/mol. The maximum absolute atomic E-state index is 13.6. The van der Waals surface area contributed by atoms with Gasteiger partial charge in [0.25, 0.3) is 0 Å². The van der Waals surface area contributed by atoms with Gasteiger partial charge in [0.15, 0.2) is 5.43 Å². The zero-order valence-corrected chi connectivity index (χ0v) is 18.0. The molecule has 0 N–H and O–H groups in total. The van der Waals surface area contributed by atoms with Gasteiger partial charge in [0.1, 0.15) is 11.5 Å². The summed E-state index contributed by atoms with van der Waals surface area (Å²) >= 11 is 1.63. The molecule has 0 aliphatic heterocycles. The van der Waals surface area contributed by atoms with E-state index < -0.39 is 0 Å². The summed E-state index contributed by atoms with van der Waals surface area (Å²) in [5, 5.41) is 1.45. The van der Waals surface area contributed by atoms with E-state index in [2.05, 4.69) is 12.1 Å². The molecule has 4 aromatic carbocycles. The number of rotatable bonds is 4. The van der Waals surface area contributed by atoms with Crippen molar-refractivity contribution in [2.45, 2.75) is 0 Å². The van der Waals surface area contributed by atoms with Gasteiger partial charge in [-0.05, 0) is 47.5 Å². The molecule has 0 saturated heterocycles. The van der Waals surface area contributed by atoms with Crippen LogP contribution in [0.5, 0.6) is 11.5 Å². The van der Waals surface area contributed by atoms with Crippen LogP contribution in [0.2, 0.25) is 0 Å². The van der Waals surface area contributed by atoms with Crippen LogP contribution in [-0.2, 0) is 0 Å². The zero-order valence-electron chi connectivity index (χ0n) is 17.2. The molecule has 3 nitrogen and oxygen atoms in total. The van der Waals surface area contributed by atoms with Gasteiger partial charge in [-0.1, -0.05) is 48.5 Å². The lowest BCUT2D eigenvalue weighted by molar-refractivity contribution is 0.416. The van der Waals surface area contributed by atoms with E-state index in [9.17, 15) is 4.79 Å². The first-order chi connectivity index (χ1) is 15.2. The molecule has 152 valence electrons. The van der Waals surface area contributed by atoms with Gasteiger partial charge < -0.3 is 9.47 Å². The molecule has 5 aromatic rings. The van der Waals surface area contributed by atoms with Crippen molar-refractivity contribution in [3.05, 3.63) is 95.2 Å². The molecular weight excluding hydrogens is 404 g/mol. The molecule has 0 aliphatic rings. The molecule has 0 radical (unpaired) electrons. The Morgan fingerprint density at radius 3 is 2.00 bits per heavy atom. The molecule has 1 aromatic heterocycles. The van der Waals surface area contributed by atoms with Crippen molar-refractivity contribution in [2.75, 3.05) is 14.2 Å². The van der Waals surface area contributed by atoms with Crippen LogP contribution < -0.4 is 14.9 Å².